The molecule has 3 nitrogen and oxygen atoms in total. The standard InChI is InChI=1S/C6H9F3O3/c1-2-12-5(11)3-4(10)6(7,8)9/h4,10H,2-3H2,1H3/t4-/m0/s1. The van der Waals surface area contributed by atoms with Crippen molar-refractivity contribution in [3.8, 4) is 0 Å². The van der Waals surface area contributed by atoms with E-state index in [1.807, 2.05) is 0 Å². The highest BCUT2D eigenvalue weighted by Crippen LogP contribution is 2.22. The second-order valence-corrected chi connectivity index (χ2v) is 2.07. The van der Waals surface area contributed by atoms with E-state index in [1.165, 1.54) is 6.92 Å². The first-order valence-electron chi connectivity index (χ1n) is 3.28. The highest BCUT2D eigenvalue weighted by Gasteiger charge is 2.39. The minimum Gasteiger partial charge on any atom is -0.466 e. The Labute approximate surface area is 67.1 Å². The monoisotopic (exact) mass is 186 g/mol. The summed E-state index contributed by atoms with van der Waals surface area (Å²) >= 11 is 0. The van der Waals surface area contributed by atoms with Crippen molar-refractivity contribution in [1.82, 2.24) is 0 Å². The minimum atomic E-state index is -4.76. The molecule has 0 saturated heterocycles. The average Bonchev–Trinajstić information content (AvgIpc) is 1.85. The summed E-state index contributed by atoms with van der Waals surface area (Å²) in [6.45, 7) is 1.47. The Morgan fingerprint density at radius 1 is 1.58 bits per heavy atom. The van der Waals surface area contributed by atoms with Crippen LogP contribution in [0.2, 0.25) is 0 Å². The van der Waals surface area contributed by atoms with Gasteiger partial charge in [-0.2, -0.15) is 13.2 Å². The topological polar surface area (TPSA) is 46.5 Å². The summed E-state index contributed by atoms with van der Waals surface area (Å²) in [6.07, 6.45) is -8.43. The first-order chi connectivity index (χ1) is 5.38. The van der Waals surface area contributed by atoms with E-state index in [2.05, 4.69) is 4.74 Å². The SMILES string of the molecule is CCOC(=O)C[C@H](O)C(F)(F)F. The van der Waals surface area contributed by atoms with Gasteiger partial charge in [0.15, 0.2) is 6.10 Å². The number of ether oxygens (including phenoxy) is 1. The van der Waals surface area contributed by atoms with Crippen LogP contribution in [0.15, 0.2) is 0 Å². The lowest BCUT2D eigenvalue weighted by molar-refractivity contribution is -0.209. The van der Waals surface area contributed by atoms with E-state index in [0.29, 0.717) is 0 Å². The molecule has 0 aromatic rings. The molecule has 0 aliphatic heterocycles. The van der Waals surface area contributed by atoms with Crippen molar-refractivity contribution in [3.05, 3.63) is 0 Å². The number of esters is 1. The molecule has 1 atom stereocenters. The molecule has 0 radical (unpaired) electrons. The molecule has 0 aliphatic carbocycles. The number of aliphatic hydroxyl groups is 1. The van der Waals surface area contributed by atoms with Gasteiger partial charge in [-0.3, -0.25) is 4.79 Å². The molecule has 0 amide bonds. The molecule has 0 unspecified atom stereocenters. The van der Waals surface area contributed by atoms with E-state index in [1.54, 1.807) is 0 Å². The number of halogens is 3. The van der Waals surface area contributed by atoms with Crippen molar-refractivity contribution in [1.29, 1.82) is 0 Å². The van der Waals surface area contributed by atoms with Crippen molar-refractivity contribution < 1.29 is 27.8 Å². The number of hydrogen-bond donors (Lipinski definition) is 1. The third-order valence-electron chi connectivity index (χ3n) is 1.04. The van der Waals surface area contributed by atoms with Gasteiger partial charge in [-0.1, -0.05) is 0 Å². The van der Waals surface area contributed by atoms with Crippen molar-refractivity contribution in [2.24, 2.45) is 0 Å². The second-order valence-electron chi connectivity index (χ2n) is 2.07. The zero-order valence-corrected chi connectivity index (χ0v) is 6.39. The van der Waals surface area contributed by atoms with Crippen LogP contribution in [-0.2, 0) is 9.53 Å². The summed E-state index contributed by atoms with van der Waals surface area (Å²) in [4.78, 5) is 10.4. The largest absolute Gasteiger partial charge is 0.466 e. The van der Waals surface area contributed by atoms with Gasteiger partial charge in [0.2, 0.25) is 0 Å². The highest BCUT2D eigenvalue weighted by atomic mass is 19.4. The number of alkyl halides is 3. The Balaban J connectivity index is 3.84. The van der Waals surface area contributed by atoms with Gasteiger partial charge in [0.1, 0.15) is 0 Å². The van der Waals surface area contributed by atoms with Gasteiger partial charge >= 0.3 is 12.1 Å². The van der Waals surface area contributed by atoms with Gasteiger partial charge in [-0.15, -0.1) is 0 Å². The Morgan fingerprint density at radius 2 is 2.08 bits per heavy atom. The Hall–Kier alpha value is -0.780. The summed E-state index contributed by atoms with van der Waals surface area (Å²) in [5.74, 6) is -1.05. The molecule has 0 fully saturated rings. The summed E-state index contributed by atoms with van der Waals surface area (Å²) in [6, 6.07) is 0. The van der Waals surface area contributed by atoms with Crippen LogP contribution in [0.25, 0.3) is 0 Å². The first-order valence-corrected chi connectivity index (χ1v) is 3.28. The quantitative estimate of drug-likeness (QED) is 0.665. The Morgan fingerprint density at radius 3 is 2.42 bits per heavy atom. The van der Waals surface area contributed by atoms with E-state index in [-0.39, 0.29) is 6.61 Å². The fourth-order valence-corrected chi connectivity index (χ4v) is 0.494. The lowest BCUT2D eigenvalue weighted by Crippen LogP contribution is -2.31. The van der Waals surface area contributed by atoms with Crippen LogP contribution in [-0.4, -0.2) is 30.0 Å². The summed E-state index contributed by atoms with van der Waals surface area (Å²) in [5, 5.41) is 8.36. The fourth-order valence-electron chi connectivity index (χ4n) is 0.494. The minimum absolute atomic E-state index is 0.00338. The second kappa shape index (κ2) is 4.30. The number of carbonyl (C=O) groups is 1. The van der Waals surface area contributed by atoms with Crippen LogP contribution in [0.5, 0.6) is 0 Å². The van der Waals surface area contributed by atoms with E-state index in [9.17, 15) is 18.0 Å². The van der Waals surface area contributed by atoms with E-state index >= 15 is 0 Å². The van der Waals surface area contributed by atoms with Gasteiger partial charge in [0.05, 0.1) is 13.0 Å². The van der Waals surface area contributed by atoms with Crippen LogP contribution < -0.4 is 0 Å². The maximum atomic E-state index is 11.6. The first kappa shape index (κ1) is 11.2. The van der Waals surface area contributed by atoms with E-state index in [4.69, 9.17) is 5.11 Å². The normalized spacial score (nSPS) is 14.1. The number of carbonyl (C=O) groups excluding carboxylic acids is 1. The van der Waals surface area contributed by atoms with E-state index in [0.717, 1.165) is 0 Å². The molecule has 12 heavy (non-hydrogen) atoms. The predicted molar refractivity (Wildman–Crippen MR) is 33.3 cm³/mol. The Bertz CT molecular complexity index is 155. The van der Waals surface area contributed by atoms with Crippen LogP contribution in [0.3, 0.4) is 0 Å². The maximum absolute atomic E-state index is 11.6. The van der Waals surface area contributed by atoms with Crippen molar-refractivity contribution >= 4 is 5.97 Å². The molecule has 1 N–H and O–H groups in total. The number of hydrogen-bond acceptors (Lipinski definition) is 3. The van der Waals surface area contributed by atoms with Gasteiger partial charge in [-0.05, 0) is 6.92 Å². The highest BCUT2D eigenvalue weighted by molar-refractivity contribution is 5.69. The number of rotatable bonds is 3. The van der Waals surface area contributed by atoms with E-state index < -0.39 is 24.7 Å². The van der Waals surface area contributed by atoms with Gasteiger partial charge in [0.25, 0.3) is 0 Å². The molecule has 0 rings (SSSR count). The molecule has 0 heterocycles. The van der Waals surface area contributed by atoms with Gasteiger partial charge < -0.3 is 9.84 Å². The average molecular weight is 186 g/mol. The molecule has 0 aromatic carbocycles. The van der Waals surface area contributed by atoms with Crippen molar-refractivity contribution in [3.63, 3.8) is 0 Å². The van der Waals surface area contributed by atoms with Crippen LogP contribution in [0.1, 0.15) is 13.3 Å². The third kappa shape index (κ3) is 4.17. The zero-order valence-electron chi connectivity index (χ0n) is 6.39. The number of aliphatic hydroxyl groups excluding tert-OH is 1. The molecule has 72 valence electrons. The Kier molecular flexibility index (Phi) is 4.02. The smallest absolute Gasteiger partial charge is 0.414 e. The lowest BCUT2D eigenvalue weighted by atomic mass is 10.2. The molecule has 6 heteroatoms. The van der Waals surface area contributed by atoms with Crippen LogP contribution >= 0.6 is 0 Å². The summed E-state index contributed by atoms with van der Waals surface area (Å²) < 4.78 is 39.0. The molecule has 0 aliphatic rings. The molecule has 0 saturated carbocycles. The van der Waals surface area contributed by atoms with Gasteiger partial charge in [-0.25, -0.2) is 0 Å². The molecule has 0 spiro atoms. The van der Waals surface area contributed by atoms with Crippen molar-refractivity contribution in [2.75, 3.05) is 6.61 Å². The van der Waals surface area contributed by atoms with Crippen molar-refractivity contribution in [2.45, 2.75) is 25.6 Å². The predicted octanol–water partition coefficient (Wildman–Crippen LogP) is 0.863. The lowest BCUT2D eigenvalue weighted by Gasteiger charge is -2.12. The maximum Gasteiger partial charge on any atom is 0.414 e. The summed E-state index contributed by atoms with van der Waals surface area (Å²) in [7, 11) is 0. The van der Waals surface area contributed by atoms with Crippen LogP contribution in [0.4, 0.5) is 13.2 Å². The zero-order chi connectivity index (χ0) is 9.78. The molecular weight excluding hydrogens is 177 g/mol. The fraction of sp³-hybridized carbons (Fsp3) is 0.833. The molecular formula is C6H9F3O3. The molecule has 0 aromatic heterocycles. The third-order valence-corrected chi connectivity index (χ3v) is 1.04. The molecule has 0 bridgehead atoms. The van der Waals surface area contributed by atoms with Gasteiger partial charge in [0, 0.05) is 0 Å². The van der Waals surface area contributed by atoms with Crippen LogP contribution in [0, 0.1) is 0 Å². The summed E-state index contributed by atoms with van der Waals surface area (Å²) in [5.41, 5.74) is 0.